The van der Waals surface area contributed by atoms with E-state index >= 15 is 0 Å². The van der Waals surface area contributed by atoms with Crippen LogP contribution >= 0.6 is 0 Å². The van der Waals surface area contributed by atoms with Crippen molar-refractivity contribution in [3.63, 3.8) is 0 Å². The fraction of sp³-hybridized carbons (Fsp3) is 0.529. The van der Waals surface area contributed by atoms with Gasteiger partial charge in [-0.25, -0.2) is 0 Å². The van der Waals surface area contributed by atoms with E-state index in [9.17, 15) is 4.79 Å². The lowest BCUT2D eigenvalue weighted by molar-refractivity contribution is -0.102. The Morgan fingerprint density at radius 1 is 1.48 bits per heavy atom. The van der Waals surface area contributed by atoms with E-state index in [0.717, 1.165) is 37.0 Å². The highest BCUT2D eigenvalue weighted by Crippen LogP contribution is 2.14. The molecule has 0 fully saturated rings. The van der Waals surface area contributed by atoms with Crippen molar-refractivity contribution < 1.29 is 9.53 Å². The van der Waals surface area contributed by atoms with Gasteiger partial charge in [-0.15, -0.1) is 0 Å². The standard InChI is InChI=1S/C17H26N2O2/c1-4-14(2)8-9-19-17(13-20)15-6-5-7-16(12-15)21-11-10-18-3/h5-7,12-14,18H,4,8-11H2,1-3H3. The lowest BCUT2D eigenvalue weighted by atomic mass is 10.1. The molecule has 0 aliphatic rings. The minimum atomic E-state index is 0.498. The van der Waals surface area contributed by atoms with Crippen molar-refractivity contribution in [2.45, 2.75) is 26.7 Å². The molecule has 0 aliphatic heterocycles. The van der Waals surface area contributed by atoms with E-state index in [4.69, 9.17) is 4.74 Å². The van der Waals surface area contributed by atoms with Crippen LogP contribution in [0.4, 0.5) is 0 Å². The topological polar surface area (TPSA) is 50.7 Å². The summed E-state index contributed by atoms with van der Waals surface area (Å²) in [5.41, 5.74) is 1.31. The maximum atomic E-state index is 11.2. The third-order valence-electron chi connectivity index (χ3n) is 3.46. The van der Waals surface area contributed by atoms with Crippen molar-refractivity contribution in [1.82, 2.24) is 5.32 Å². The summed E-state index contributed by atoms with van der Waals surface area (Å²) >= 11 is 0. The van der Waals surface area contributed by atoms with Crippen LogP contribution in [0.15, 0.2) is 29.3 Å². The lowest BCUT2D eigenvalue weighted by Gasteiger charge is -2.08. The number of hydrogen-bond acceptors (Lipinski definition) is 4. The first kappa shape index (κ1) is 17.4. The van der Waals surface area contributed by atoms with E-state index in [1.165, 1.54) is 0 Å². The van der Waals surface area contributed by atoms with Gasteiger partial charge in [0, 0.05) is 18.7 Å². The van der Waals surface area contributed by atoms with Gasteiger partial charge in [0.1, 0.15) is 18.1 Å². The van der Waals surface area contributed by atoms with Crippen LogP contribution < -0.4 is 10.1 Å². The number of ether oxygens (including phenoxy) is 1. The average Bonchev–Trinajstić information content (AvgIpc) is 2.52. The van der Waals surface area contributed by atoms with Crippen LogP contribution in [0.25, 0.3) is 0 Å². The van der Waals surface area contributed by atoms with Gasteiger partial charge in [-0.05, 0) is 31.5 Å². The quantitative estimate of drug-likeness (QED) is 0.409. The summed E-state index contributed by atoms with van der Waals surface area (Å²) in [7, 11) is 1.88. The summed E-state index contributed by atoms with van der Waals surface area (Å²) in [5.74, 6) is 1.40. The fourth-order valence-electron chi connectivity index (χ4n) is 1.82. The molecule has 4 nitrogen and oxygen atoms in total. The summed E-state index contributed by atoms with van der Waals surface area (Å²) in [5, 5.41) is 3.03. The summed E-state index contributed by atoms with van der Waals surface area (Å²) in [6, 6.07) is 7.53. The first-order valence-electron chi connectivity index (χ1n) is 7.58. The number of benzene rings is 1. The van der Waals surface area contributed by atoms with E-state index < -0.39 is 0 Å². The van der Waals surface area contributed by atoms with Crippen molar-refractivity contribution in [3.8, 4) is 5.75 Å². The molecule has 1 N–H and O–H groups in total. The number of carbonyl (C=O) groups is 1. The SMILES string of the molecule is CCC(C)CCN=C(C=O)c1cccc(OCCNC)c1. The predicted octanol–water partition coefficient (Wildman–Crippen LogP) is 2.71. The van der Waals surface area contributed by atoms with Gasteiger partial charge in [0.25, 0.3) is 0 Å². The first-order chi connectivity index (χ1) is 10.2. The predicted molar refractivity (Wildman–Crippen MR) is 87.4 cm³/mol. The van der Waals surface area contributed by atoms with E-state index in [1.807, 2.05) is 31.3 Å². The molecule has 0 heterocycles. The summed E-state index contributed by atoms with van der Waals surface area (Å²) in [4.78, 5) is 15.7. The Kier molecular flexibility index (Phi) is 8.36. The zero-order valence-corrected chi connectivity index (χ0v) is 13.3. The molecule has 0 aromatic heterocycles. The molecule has 1 unspecified atom stereocenters. The smallest absolute Gasteiger partial charge is 0.168 e. The van der Waals surface area contributed by atoms with Gasteiger partial charge in [-0.3, -0.25) is 9.79 Å². The Labute approximate surface area is 127 Å². The maximum Gasteiger partial charge on any atom is 0.168 e. The molecule has 0 bridgehead atoms. The molecule has 0 saturated carbocycles. The Hall–Kier alpha value is -1.68. The largest absolute Gasteiger partial charge is 0.492 e. The number of aldehydes is 1. The minimum absolute atomic E-state index is 0.498. The first-order valence-corrected chi connectivity index (χ1v) is 7.58. The molecule has 1 rings (SSSR count). The normalized spacial score (nSPS) is 13.0. The van der Waals surface area contributed by atoms with Crippen molar-refractivity contribution in [2.75, 3.05) is 26.7 Å². The molecule has 21 heavy (non-hydrogen) atoms. The number of aliphatic imine (C=N–C) groups is 1. The molecule has 1 aromatic rings. The van der Waals surface area contributed by atoms with E-state index in [2.05, 4.69) is 24.2 Å². The lowest BCUT2D eigenvalue weighted by Crippen LogP contribution is -2.16. The second-order valence-electron chi connectivity index (χ2n) is 5.17. The molecular formula is C17H26N2O2. The van der Waals surface area contributed by atoms with Gasteiger partial charge in [0.05, 0.1) is 0 Å². The van der Waals surface area contributed by atoms with Crippen LogP contribution in [-0.2, 0) is 4.79 Å². The van der Waals surface area contributed by atoms with Crippen LogP contribution in [0.5, 0.6) is 5.75 Å². The Bertz CT molecular complexity index is 458. The third-order valence-corrected chi connectivity index (χ3v) is 3.46. The molecule has 0 spiro atoms. The molecule has 0 radical (unpaired) electrons. The maximum absolute atomic E-state index is 11.2. The zero-order valence-electron chi connectivity index (χ0n) is 13.3. The zero-order chi connectivity index (χ0) is 15.5. The summed E-state index contributed by atoms with van der Waals surface area (Å²) in [6.45, 7) is 6.44. The van der Waals surface area contributed by atoms with E-state index in [0.29, 0.717) is 24.8 Å². The number of likely N-dealkylation sites (N-methyl/N-ethyl adjacent to an activating group) is 1. The van der Waals surface area contributed by atoms with Crippen molar-refractivity contribution in [3.05, 3.63) is 29.8 Å². The minimum Gasteiger partial charge on any atom is -0.492 e. The molecule has 4 heteroatoms. The highest BCUT2D eigenvalue weighted by molar-refractivity contribution is 6.36. The van der Waals surface area contributed by atoms with E-state index in [-0.39, 0.29) is 0 Å². The fourth-order valence-corrected chi connectivity index (χ4v) is 1.82. The van der Waals surface area contributed by atoms with Gasteiger partial charge in [-0.2, -0.15) is 0 Å². The van der Waals surface area contributed by atoms with Crippen molar-refractivity contribution in [2.24, 2.45) is 10.9 Å². The van der Waals surface area contributed by atoms with Crippen molar-refractivity contribution in [1.29, 1.82) is 0 Å². The summed E-state index contributed by atoms with van der Waals surface area (Å²) in [6.07, 6.45) is 2.97. The molecule has 1 atom stereocenters. The second-order valence-corrected chi connectivity index (χ2v) is 5.17. The van der Waals surface area contributed by atoms with Gasteiger partial charge in [-0.1, -0.05) is 32.4 Å². The van der Waals surface area contributed by atoms with Crippen molar-refractivity contribution >= 4 is 12.0 Å². The second kappa shape index (κ2) is 10.1. The molecule has 0 saturated heterocycles. The van der Waals surface area contributed by atoms with Crippen LogP contribution in [0.3, 0.4) is 0 Å². The van der Waals surface area contributed by atoms with Gasteiger partial charge < -0.3 is 10.1 Å². The molecule has 0 aliphatic carbocycles. The van der Waals surface area contributed by atoms with Crippen LogP contribution in [0.1, 0.15) is 32.3 Å². The van der Waals surface area contributed by atoms with Crippen LogP contribution in [-0.4, -0.2) is 38.7 Å². The number of nitrogens with one attached hydrogen (secondary N) is 1. The number of rotatable bonds is 10. The van der Waals surface area contributed by atoms with Crippen LogP contribution in [0, 0.1) is 5.92 Å². The Morgan fingerprint density at radius 2 is 2.29 bits per heavy atom. The number of nitrogens with zero attached hydrogens (tertiary/aromatic N) is 1. The number of carbonyl (C=O) groups excluding carboxylic acids is 1. The monoisotopic (exact) mass is 290 g/mol. The average molecular weight is 290 g/mol. The highest BCUT2D eigenvalue weighted by Gasteiger charge is 2.05. The molecule has 1 aromatic carbocycles. The molecule has 0 amide bonds. The Balaban J connectivity index is 2.69. The van der Waals surface area contributed by atoms with Crippen LogP contribution in [0.2, 0.25) is 0 Å². The molecule has 116 valence electrons. The van der Waals surface area contributed by atoms with Gasteiger partial charge in [0.15, 0.2) is 6.29 Å². The van der Waals surface area contributed by atoms with Gasteiger partial charge >= 0.3 is 0 Å². The summed E-state index contributed by atoms with van der Waals surface area (Å²) < 4.78 is 5.61. The number of hydrogen-bond donors (Lipinski definition) is 1. The van der Waals surface area contributed by atoms with E-state index in [1.54, 1.807) is 0 Å². The highest BCUT2D eigenvalue weighted by atomic mass is 16.5. The Morgan fingerprint density at radius 3 is 2.95 bits per heavy atom. The molecular weight excluding hydrogens is 264 g/mol. The van der Waals surface area contributed by atoms with Gasteiger partial charge in [0.2, 0.25) is 0 Å². The third kappa shape index (κ3) is 6.54.